The Morgan fingerprint density at radius 2 is 1.94 bits per heavy atom. The molecule has 0 atom stereocenters. The molecule has 0 saturated heterocycles. The van der Waals surface area contributed by atoms with Gasteiger partial charge in [0.2, 0.25) is 0 Å². The van der Waals surface area contributed by atoms with Crippen LogP contribution in [0.15, 0.2) is 48.5 Å². The van der Waals surface area contributed by atoms with E-state index in [1.165, 1.54) is 0 Å². The molecular weight excluding hydrogens is 224 g/mol. The van der Waals surface area contributed by atoms with Crippen molar-refractivity contribution < 1.29 is 9.53 Å². The minimum Gasteiger partial charge on any atom is -0.466 e. The normalized spacial score (nSPS) is 10.1. The van der Waals surface area contributed by atoms with E-state index in [1.54, 1.807) is 0 Å². The molecule has 0 bridgehead atoms. The molecule has 0 aliphatic rings. The van der Waals surface area contributed by atoms with E-state index < -0.39 is 0 Å². The summed E-state index contributed by atoms with van der Waals surface area (Å²) in [5.41, 5.74) is 3.22. The van der Waals surface area contributed by atoms with Crippen LogP contribution >= 0.6 is 0 Å². The molecule has 0 unspecified atom stereocenters. The first-order valence-corrected chi connectivity index (χ1v) is 6.00. The van der Waals surface area contributed by atoms with E-state index in [-0.39, 0.29) is 5.97 Å². The minimum absolute atomic E-state index is 0.182. The number of hydrogen-bond acceptors (Lipinski definition) is 2. The molecule has 91 valence electrons. The van der Waals surface area contributed by atoms with Crippen molar-refractivity contribution >= 4 is 5.97 Å². The molecule has 2 heteroatoms. The zero-order chi connectivity index (χ0) is 12.8. The van der Waals surface area contributed by atoms with Gasteiger partial charge in [-0.15, -0.1) is 0 Å². The molecule has 1 radical (unpaired) electrons. The lowest BCUT2D eigenvalue weighted by molar-refractivity contribution is -0.142. The lowest BCUT2D eigenvalue weighted by Gasteiger charge is -2.04. The topological polar surface area (TPSA) is 26.3 Å². The third-order valence-electron chi connectivity index (χ3n) is 2.65. The van der Waals surface area contributed by atoms with Crippen molar-refractivity contribution in [1.29, 1.82) is 0 Å². The maximum absolute atomic E-state index is 11.3. The van der Waals surface area contributed by atoms with Crippen molar-refractivity contribution in [2.24, 2.45) is 0 Å². The fourth-order valence-electron chi connectivity index (χ4n) is 1.77. The van der Waals surface area contributed by atoms with Gasteiger partial charge in [0.15, 0.2) is 0 Å². The molecule has 0 saturated carbocycles. The van der Waals surface area contributed by atoms with Crippen molar-refractivity contribution in [2.75, 3.05) is 6.61 Å². The van der Waals surface area contributed by atoms with Crippen LogP contribution in [0.3, 0.4) is 0 Å². The minimum atomic E-state index is -0.182. The van der Waals surface area contributed by atoms with Crippen LogP contribution in [-0.4, -0.2) is 12.6 Å². The molecule has 0 spiro atoms. The summed E-state index contributed by atoms with van der Waals surface area (Å²) in [4.78, 5) is 11.3. The molecule has 0 fully saturated rings. The van der Waals surface area contributed by atoms with Gasteiger partial charge >= 0.3 is 5.97 Å². The molecule has 0 N–H and O–H groups in total. The van der Waals surface area contributed by atoms with E-state index in [0.29, 0.717) is 13.0 Å². The second-order valence-electron chi connectivity index (χ2n) is 3.97. The van der Waals surface area contributed by atoms with Gasteiger partial charge in [-0.3, -0.25) is 4.79 Å². The fourth-order valence-corrected chi connectivity index (χ4v) is 1.77. The van der Waals surface area contributed by atoms with Gasteiger partial charge in [0.05, 0.1) is 13.0 Å². The van der Waals surface area contributed by atoms with Crippen molar-refractivity contribution in [3.8, 4) is 11.1 Å². The first-order valence-electron chi connectivity index (χ1n) is 6.00. The number of hydrogen-bond donors (Lipinski definition) is 0. The molecule has 0 aliphatic carbocycles. The average molecular weight is 239 g/mol. The summed E-state index contributed by atoms with van der Waals surface area (Å²) in [5, 5.41) is 0. The predicted molar refractivity (Wildman–Crippen MR) is 71.1 cm³/mol. The first kappa shape index (κ1) is 12.4. The summed E-state index contributed by atoms with van der Waals surface area (Å²) in [6.07, 6.45) is 0.328. The third-order valence-corrected chi connectivity index (χ3v) is 2.65. The Labute approximate surface area is 107 Å². The highest BCUT2D eigenvalue weighted by atomic mass is 16.5. The van der Waals surface area contributed by atoms with Gasteiger partial charge in [0.25, 0.3) is 0 Å². The summed E-state index contributed by atoms with van der Waals surface area (Å²) in [6, 6.07) is 18.8. The number of carbonyl (C=O) groups is 1. The first-order chi connectivity index (χ1) is 8.79. The Bertz CT molecular complexity index is 500. The summed E-state index contributed by atoms with van der Waals surface area (Å²) in [5.74, 6) is -0.182. The second kappa shape index (κ2) is 6.01. The van der Waals surface area contributed by atoms with Gasteiger partial charge in [-0.1, -0.05) is 42.5 Å². The smallest absolute Gasteiger partial charge is 0.310 e. The predicted octanol–water partition coefficient (Wildman–Crippen LogP) is 3.26. The van der Waals surface area contributed by atoms with Gasteiger partial charge in [-0.05, 0) is 35.7 Å². The van der Waals surface area contributed by atoms with Crippen LogP contribution in [0.25, 0.3) is 11.1 Å². The molecule has 0 amide bonds. The molecule has 2 aromatic carbocycles. The van der Waals surface area contributed by atoms with Crippen molar-refractivity contribution in [3.05, 3.63) is 60.2 Å². The molecule has 2 rings (SSSR count). The monoisotopic (exact) mass is 239 g/mol. The molecule has 0 aliphatic heterocycles. The number of rotatable bonds is 4. The quantitative estimate of drug-likeness (QED) is 0.765. The zero-order valence-corrected chi connectivity index (χ0v) is 10.3. The van der Waals surface area contributed by atoms with E-state index in [4.69, 9.17) is 4.74 Å². The third kappa shape index (κ3) is 3.20. The number of carbonyl (C=O) groups excluding carboxylic acids is 1. The zero-order valence-electron chi connectivity index (χ0n) is 10.3. The van der Waals surface area contributed by atoms with Gasteiger partial charge in [-0.25, -0.2) is 0 Å². The molecular formula is C16H15O2. The Hall–Kier alpha value is -2.09. The Morgan fingerprint density at radius 3 is 2.56 bits per heavy atom. The number of ether oxygens (including phenoxy) is 1. The summed E-state index contributed by atoms with van der Waals surface area (Å²) in [7, 11) is 0. The Balaban J connectivity index is 2.09. The van der Waals surface area contributed by atoms with Gasteiger partial charge in [-0.2, -0.15) is 0 Å². The largest absolute Gasteiger partial charge is 0.466 e. The van der Waals surface area contributed by atoms with Gasteiger partial charge < -0.3 is 4.74 Å². The second-order valence-corrected chi connectivity index (χ2v) is 3.97. The van der Waals surface area contributed by atoms with Crippen molar-refractivity contribution in [2.45, 2.75) is 13.3 Å². The van der Waals surface area contributed by atoms with Crippen LogP contribution in [-0.2, 0) is 16.0 Å². The van der Waals surface area contributed by atoms with E-state index in [1.807, 2.05) is 55.5 Å². The molecule has 0 heterocycles. The highest BCUT2D eigenvalue weighted by Gasteiger charge is 2.04. The average Bonchev–Trinajstić information content (AvgIpc) is 2.41. The summed E-state index contributed by atoms with van der Waals surface area (Å²) in [6.45, 7) is 2.24. The van der Waals surface area contributed by atoms with E-state index >= 15 is 0 Å². The van der Waals surface area contributed by atoms with Crippen LogP contribution in [0.1, 0.15) is 12.5 Å². The van der Waals surface area contributed by atoms with Crippen LogP contribution in [0.2, 0.25) is 0 Å². The lowest BCUT2D eigenvalue weighted by Crippen LogP contribution is -2.07. The Kier molecular flexibility index (Phi) is 4.13. The van der Waals surface area contributed by atoms with E-state index in [2.05, 4.69) is 6.07 Å². The van der Waals surface area contributed by atoms with Crippen LogP contribution in [0.5, 0.6) is 0 Å². The Morgan fingerprint density at radius 1 is 1.17 bits per heavy atom. The fraction of sp³-hybridized carbons (Fsp3) is 0.188. The lowest BCUT2D eigenvalue weighted by atomic mass is 10.0. The molecule has 2 nitrogen and oxygen atoms in total. The maximum Gasteiger partial charge on any atom is 0.310 e. The maximum atomic E-state index is 11.3. The van der Waals surface area contributed by atoms with Gasteiger partial charge in [0.1, 0.15) is 0 Å². The van der Waals surface area contributed by atoms with Crippen molar-refractivity contribution in [3.63, 3.8) is 0 Å². The standard InChI is InChI=1S/C16H15O2/c1-2-18-16(17)12-13-8-10-15(11-9-13)14-6-4-3-5-7-14/h3-4,6-11H,2,12H2,1H3. The summed E-state index contributed by atoms with van der Waals surface area (Å²) < 4.78 is 4.92. The molecule has 2 aromatic rings. The van der Waals surface area contributed by atoms with E-state index in [9.17, 15) is 4.79 Å². The number of benzene rings is 2. The van der Waals surface area contributed by atoms with Crippen molar-refractivity contribution in [1.82, 2.24) is 0 Å². The SMILES string of the molecule is CCOC(=O)Cc1ccc(-c2c[c]ccc2)cc1. The summed E-state index contributed by atoms with van der Waals surface area (Å²) >= 11 is 0. The highest BCUT2D eigenvalue weighted by Crippen LogP contribution is 2.19. The number of esters is 1. The van der Waals surface area contributed by atoms with E-state index in [0.717, 1.165) is 16.7 Å². The molecule has 0 aromatic heterocycles. The highest BCUT2D eigenvalue weighted by molar-refractivity contribution is 5.73. The van der Waals surface area contributed by atoms with Crippen LogP contribution in [0.4, 0.5) is 0 Å². The van der Waals surface area contributed by atoms with Crippen LogP contribution < -0.4 is 0 Å². The van der Waals surface area contributed by atoms with Crippen LogP contribution in [0, 0.1) is 6.07 Å². The molecule has 18 heavy (non-hydrogen) atoms. The van der Waals surface area contributed by atoms with Gasteiger partial charge in [0, 0.05) is 0 Å².